The summed E-state index contributed by atoms with van der Waals surface area (Å²) < 4.78 is 2.21. The number of hydrogen-bond acceptors (Lipinski definition) is 1. The van der Waals surface area contributed by atoms with E-state index in [2.05, 4.69) is 35.9 Å². The highest BCUT2D eigenvalue weighted by molar-refractivity contribution is 5.95. The van der Waals surface area contributed by atoms with E-state index in [-0.39, 0.29) is 5.91 Å². The topological polar surface area (TPSA) is 34.0 Å². The number of amides is 1. The first-order valence-corrected chi connectivity index (χ1v) is 6.56. The molecule has 0 atom stereocenters. The lowest BCUT2D eigenvalue weighted by molar-refractivity contribution is 0.0951. The lowest BCUT2D eigenvalue weighted by atomic mass is 10.1. The maximum atomic E-state index is 12.0. The Hall–Kier alpha value is -2.03. The SMILES string of the molecule is Cc1ccccc1C(=O)NCCn1c(C)ccc1C. The van der Waals surface area contributed by atoms with Gasteiger partial charge in [-0.25, -0.2) is 0 Å². The number of nitrogens with one attached hydrogen (secondary N) is 1. The van der Waals surface area contributed by atoms with Gasteiger partial charge in [0.25, 0.3) is 5.91 Å². The van der Waals surface area contributed by atoms with Crippen molar-refractivity contribution >= 4 is 5.91 Å². The molecule has 2 aromatic rings. The van der Waals surface area contributed by atoms with Crippen LogP contribution < -0.4 is 5.32 Å². The molecule has 2 rings (SSSR count). The van der Waals surface area contributed by atoms with E-state index in [9.17, 15) is 4.79 Å². The fourth-order valence-electron chi connectivity index (χ4n) is 2.26. The third-order valence-corrected chi connectivity index (χ3v) is 3.43. The molecule has 19 heavy (non-hydrogen) atoms. The Morgan fingerprint density at radius 3 is 2.32 bits per heavy atom. The van der Waals surface area contributed by atoms with Crippen LogP contribution in [0.2, 0.25) is 0 Å². The predicted molar refractivity (Wildman–Crippen MR) is 77.4 cm³/mol. The zero-order valence-electron chi connectivity index (χ0n) is 11.7. The number of rotatable bonds is 4. The molecule has 1 heterocycles. The normalized spacial score (nSPS) is 10.5. The summed E-state index contributed by atoms with van der Waals surface area (Å²) in [6, 6.07) is 11.8. The zero-order valence-corrected chi connectivity index (χ0v) is 11.7. The van der Waals surface area contributed by atoms with Crippen LogP contribution in [0.1, 0.15) is 27.3 Å². The van der Waals surface area contributed by atoms with Gasteiger partial charge < -0.3 is 9.88 Å². The van der Waals surface area contributed by atoms with E-state index in [0.29, 0.717) is 6.54 Å². The largest absolute Gasteiger partial charge is 0.350 e. The van der Waals surface area contributed by atoms with Crippen molar-refractivity contribution in [1.82, 2.24) is 9.88 Å². The number of nitrogens with zero attached hydrogens (tertiary/aromatic N) is 1. The van der Waals surface area contributed by atoms with E-state index in [1.165, 1.54) is 11.4 Å². The molecule has 0 saturated heterocycles. The molecular formula is C16H20N2O. The van der Waals surface area contributed by atoms with Gasteiger partial charge in [-0.3, -0.25) is 4.79 Å². The molecule has 0 aliphatic rings. The van der Waals surface area contributed by atoms with Gasteiger partial charge in [0.1, 0.15) is 0 Å². The van der Waals surface area contributed by atoms with Crippen LogP contribution in [0.25, 0.3) is 0 Å². The van der Waals surface area contributed by atoms with E-state index < -0.39 is 0 Å². The first kappa shape index (κ1) is 13.4. The van der Waals surface area contributed by atoms with Crippen molar-refractivity contribution in [1.29, 1.82) is 0 Å². The van der Waals surface area contributed by atoms with Gasteiger partial charge in [-0.1, -0.05) is 18.2 Å². The molecule has 0 aliphatic carbocycles. The molecule has 1 aromatic carbocycles. The summed E-state index contributed by atoms with van der Waals surface area (Å²) in [7, 11) is 0. The second kappa shape index (κ2) is 5.74. The summed E-state index contributed by atoms with van der Waals surface area (Å²) >= 11 is 0. The number of carbonyl (C=O) groups is 1. The fourth-order valence-corrected chi connectivity index (χ4v) is 2.26. The van der Waals surface area contributed by atoms with Crippen molar-refractivity contribution in [3.63, 3.8) is 0 Å². The second-order valence-electron chi connectivity index (χ2n) is 4.84. The highest BCUT2D eigenvalue weighted by atomic mass is 16.1. The average molecular weight is 256 g/mol. The van der Waals surface area contributed by atoms with Gasteiger partial charge in [0.05, 0.1) is 0 Å². The fraction of sp³-hybridized carbons (Fsp3) is 0.312. The zero-order chi connectivity index (χ0) is 13.8. The molecular weight excluding hydrogens is 236 g/mol. The van der Waals surface area contributed by atoms with Crippen molar-refractivity contribution in [3.05, 3.63) is 58.9 Å². The Balaban J connectivity index is 1.93. The number of aromatic nitrogens is 1. The number of carbonyl (C=O) groups excluding carboxylic acids is 1. The van der Waals surface area contributed by atoms with Gasteiger partial charge in [0, 0.05) is 30.0 Å². The van der Waals surface area contributed by atoms with E-state index in [0.717, 1.165) is 17.7 Å². The van der Waals surface area contributed by atoms with Crippen LogP contribution in [0.15, 0.2) is 36.4 Å². The smallest absolute Gasteiger partial charge is 0.251 e. The van der Waals surface area contributed by atoms with Crippen LogP contribution >= 0.6 is 0 Å². The Kier molecular flexibility index (Phi) is 4.05. The van der Waals surface area contributed by atoms with Gasteiger partial charge in [-0.2, -0.15) is 0 Å². The van der Waals surface area contributed by atoms with Gasteiger partial charge in [-0.05, 0) is 44.5 Å². The lowest BCUT2D eigenvalue weighted by Gasteiger charge is -2.11. The maximum absolute atomic E-state index is 12.0. The van der Waals surface area contributed by atoms with Gasteiger partial charge in [0.2, 0.25) is 0 Å². The standard InChI is InChI=1S/C16H20N2O/c1-12-6-4-5-7-15(12)16(19)17-10-11-18-13(2)8-9-14(18)3/h4-9H,10-11H2,1-3H3,(H,17,19). The minimum absolute atomic E-state index is 0.000521. The Labute approximate surface area is 114 Å². The minimum Gasteiger partial charge on any atom is -0.350 e. The Morgan fingerprint density at radius 1 is 1.05 bits per heavy atom. The van der Waals surface area contributed by atoms with Crippen LogP contribution in [-0.4, -0.2) is 17.0 Å². The van der Waals surface area contributed by atoms with Gasteiger partial charge in [-0.15, -0.1) is 0 Å². The van der Waals surface area contributed by atoms with Crippen molar-refractivity contribution in [2.24, 2.45) is 0 Å². The van der Waals surface area contributed by atoms with Crippen LogP contribution in [0.5, 0.6) is 0 Å². The Morgan fingerprint density at radius 2 is 1.68 bits per heavy atom. The lowest BCUT2D eigenvalue weighted by Crippen LogP contribution is -2.28. The highest BCUT2D eigenvalue weighted by Gasteiger charge is 2.07. The average Bonchev–Trinajstić information content (AvgIpc) is 2.70. The molecule has 3 nitrogen and oxygen atoms in total. The van der Waals surface area contributed by atoms with Crippen molar-refractivity contribution in [2.75, 3.05) is 6.54 Å². The van der Waals surface area contributed by atoms with E-state index in [1.807, 2.05) is 31.2 Å². The monoisotopic (exact) mass is 256 g/mol. The van der Waals surface area contributed by atoms with Crippen LogP contribution in [0.4, 0.5) is 0 Å². The molecule has 3 heteroatoms. The van der Waals surface area contributed by atoms with E-state index in [1.54, 1.807) is 0 Å². The summed E-state index contributed by atoms with van der Waals surface area (Å²) in [6.07, 6.45) is 0. The first-order valence-electron chi connectivity index (χ1n) is 6.56. The number of hydrogen-bond donors (Lipinski definition) is 1. The molecule has 1 aromatic heterocycles. The van der Waals surface area contributed by atoms with E-state index >= 15 is 0 Å². The van der Waals surface area contributed by atoms with Crippen LogP contribution in [0.3, 0.4) is 0 Å². The third kappa shape index (κ3) is 3.05. The Bertz CT molecular complexity index is 565. The van der Waals surface area contributed by atoms with Crippen molar-refractivity contribution in [2.45, 2.75) is 27.3 Å². The highest BCUT2D eigenvalue weighted by Crippen LogP contribution is 2.08. The van der Waals surface area contributed by atoms with Gasteiger partial charge in [0.15, 0.2) is 0 Å². The third-order valence-electron chi connectivity index (χ3n) is 3.43. The number of aryl methyl sites for hydroxylation is 3. The molecule has 1 N–H and O–H groups in total. The maximum Gasteiger partial charge on any atom is 0.251 e. The molecule has 0 fully saturated rings. The van der Waals surface area contributed by atoms with Crippen molar-refractivity contribution in [3.8, 4) is 0 Å². The summed E-state index contributed by atoms with van der Waals surface area (Å²) in [4.78, 5) is 12.0. The molecule has 1 amide bonds. The van der Waals surface area contributed by atoms with Crippen molar-refractivity contribution < 1.29 is 4.79 Å². The molecule has 0 bridgehead atoms. The molecule has 100 valence electrons. The van der Waals surface area contributed by atoms with Crippen LogP contribution in [-0.2, 0) is 6.54 Å². The van der Waals surface area contributed by atoms with Crippen LogP contribution in [0, 0.1) is 20.8 Å². The summed E-state index contributed by atoms with van der Waals surface area (Å²) in [5.41, 5.74) is 4.21. The quantitative estimate of drug-likeness (QED) is 0.896. The van der Waals surface area contributed by atoms with Gasteiger partial charge >= 0.3 is 0 Å². The minimum atomic E-state index is 0.000521. The molecule has 0 unspecified atom stereocenters. The summed E-state index contributed by atoms with van der Waals surface area (Å²) in [6.45, 7) is 7.56. The second-order valence-corrected chi connectivity index (χ2v) is 4.84. The first-order chi connectivity index (χ1) is 9.09. The summed E-state index contributed by atoms with van der Waals surface area (Å²) in [5, 5.41) is 2.97. The molecule has 0 spiro atoms. The number of benzene rings is 1. The van der Waals surface area contributed by atoms with E-state index in [4.69, 9.17) is 0 Å². The molecule has 0 radical (unpaired) electrons. The molecule has 0 saturated carbocycles. The predicted octanol–water partition coefficient (Wildman–Crippen LogP) is 2.84. The summed E-state index contributed by atoms with van der Waals surface area (Å²) in [5.74, 6) is 0.000521. The molecule has 0 aliphatic heterocycles.